The van der Waals surface area contributed by atoms with Crippen LogP contribution in [0.1, 0.15) is 19.4 Å². The Morgan fingerprint density at radius 2 is 2.20 bits per heavy atom. The Kier molecular flexibility index (Phi) is 2.12. The van der Waals surface area contributed by atoms with E-state index in [0.29, 0.717) is 12.2 Å². The summed E-state index contributed by atoms with van der Waals surface area (Å²) in [4.78, 5) is 10.2. The lowest BCUT2D eigenvalue weighted by atomic mass is 10.0. The molecule has 0 spiro atoms. The van der Waals surface area contributed by atoms with Crippen molar-refractivity contribution in [2.75, 3.05) is 0 Å². The zero-order valence-electron chi connectivity index (χ0n) is 8.41. The Labute approximate surface area is 92.0 Å². The van der Waals surface area contributed by atoms with Gasteiger partial charge in [-0.3, -0.25) is 10.1 Å². The molecule has 0 amide bonds. The molecule has 1 heterocycles. The van der Waals surface area contributed by atoms with Crippen molar-refractivity contribution in [3.8, 4) is 5.75 Å². The summed E-state index contributed by atoms with van der Waals surface area (Å²) in [5, 5.41) is 10.8. The molecular weight excluding hydrogens is 218 g/mol. The Hall–Kier alpha value is -1.29. The van der Waals surface area contributed by atoms with E-state index in [1.54, 1.807) is 0 Å². The zero-order chi connectivity index (χ0) is 11.2. The van der Waals surface area contributed by atoms with Gasteiger partial charge in [0.05, 0.1) is 4.92 Å². The molecule has 0 fully saturated rings. The molecule has 1 aromatic carbocycles. The van der Waals surface area contributed by atoms with Crippen molar-refractivity contribution < 1.29 is 9.66 Å². The molecule has 0 bridgehead atoms. The second-order valence-electron chi connectivity index (χ2n) is 4.21. The molecule has 0 atom stereocenters. The van der Waals surface area contributed by atoms with Crippen molar-refractivity contribution >= 4 is 17.3 Å². The summed E-state index contributed by atoms with van der Waals surface area (Å²) in [5.41, 5.74) is 0.480. The molecule has 15 heavy (non-hydrogen) atoms. The largest absolute Gasteiger partial charge is 0.487 e. The predicted molar refractivity (Wildman–Crippen MR) is 56.5 cm³/mol. The fourth-order valence-electron chi connectivity index (χ4n) is 1.75. The van der Waals surface area contributed by atoms with Crippen LogP contribution in [0.2, 0.25) is 5.02 Å². The lowest BCUT2D eigenvalue weighted by Crippen LogP contribution is -2.24. The smallest absolute Gasteiger partial charge is 0.288 e. The number of ether oxygens (including phenoxy) is 1. The number of halogens is 1. The average molecular weight is 228 g/mol. The van der Waals surface area contributed by atoms with Gasteiger partial charge in [0.2, 0.25) is 0 Å². The quantitative estimate of drug-likeness (QED) is 0.548. The maximum Gasteiger partial charge on any atom is 0.288 e. The van der Waals surface area contributed by atoms with Crippen molar-refractivity contribution in [1.29, 1.82) is 0 Å². The third-order valence-corrected chi connectivity index (χ3v) is 2.63. The van der Waals surface area contributed by atoms with Crippen LogP contribution in [0.4, 0.5) is 5.69 Å². The molecule has 0 saturated heterocycles. The van der Waals surface area contributed by atoms with Gasteiger partial charge >= 0.3 is 0 Å². The summed E-state index contributed by atoms with van der Waals surface area (Å²) in [6, 6.07) is 3.01. The average Bonchev–Trinajstić information content (AvgIpc) is 2.36. The van der Waals surface area contributed by atoms with Crippen molar-refractivity contribution in [2.45, 2.75) is 25.9 Å². The zero-order valence-corrected chi connectivity index (χ0v) is 9.17. The standard InChI is InChI=1S/C10H10ClNO3/c1-10(2)5-6-3-8(12(13)14)7(11)4-9(6)15-10/h3-4H,5H2,1-2H3. The van der Waals surface area contributed by atoms with E-state index in [1.807, 2.05) is 13.8 Å². The molecule has 0 aromatic heterocycles. The van der Waals surface area contributed by atoms with Gasteiger partial charge in [0.15, 0.2) is 0 Å². The van der Waals surface area contributed by atoms with Crippen LogP contribution < -0.4 is 4.74 Å². The van der Waals surface area contributed by atoms with E-state index >= 15 is 0 Å². The molecular formula is C10H10ClNO3. The molecule has 2 rings (SSSR count). The second-order valence-corrected chi connectivity index (χ2v) is 4.61. The molecule has 5 heteroatoms. The van der Waals surface area contributed by atoms with Crippen LogP contribution in [0.25, 0.3) is 0 Å². The lowest BCUT2D eigenvalue weighted by molar-refractivity contribution is -0.384. The number of hydrogen-bond acceptors (Lipinski definition) is 3. The highest BCUT2D eigenvalue weighted by Crippen LogP contribution is 2.40. The molecule has 1 aromatic rings. The number of rotatable bonds is 1. The van der Waals surface area contributed by atoms with Crippen molar-refractivity contribution in [1.82, 2.24) is 0 Å². The molecule has 0 saturated carbocycles. The van der Waals surface area contributed by atoms with Crippen LogP contribution in [0.15, 0.2) is 12.1 Å². The van der Waals surface area contributed by atoms with Crippen LogP contribution in [0.5, 0.6) is 5.75 Å². The normalized spacial score (nSPS) is 17.0. The maximum atomic E-state index is 10.7. The van der Waals surface area contributed by atoms with Gasteiger partial charge < -0.3 is 4.74 Å². The first-order valence-corrected chi connectivity index (χ1v) is 4.93. The molecule has 1 aliphatic rings. The number of hydrogen-bond donors (Lipinski definition) is 0. The molecule has 1 aliphatic heterocycles. The Bertz CT molecular complexity index is 443. The van der Waals surface area contributed by atoms with E-state index in [4.69, 9.17) is 16.3 Å². The summed E-state index contributed by atoms with van der Waals surface area (Å²) < 4.78 is 5.60. The highest BCUT2D eigenvalue weighted by molar-refractivity contribution is 6.32. The van der Waals surface area contributed by atoms with E-state index < -0.39 is 4.92 Å². The third kappa shape index (κ3) is 1.77. The van der Waals surface area contributed by atoms with E-state index in [2.05, 4.69) is 0 Å². The molecule has 0 unspecified atom stereocenters. The second kappa shape index (κ2) is 3.10. The van der Waals surface area contributed by atoms with Gasteiger partial charge in [0, 0.05) is 24.1 Å². The van der Waals surface area contributed by atoms with Crippen molar-refractivity contribution in [3.63, 3.8) is 0 Å². The van der Waals surface area contributed by atoms with E-state index in [-0.39, 0.29) is 16.3 Å². The molecule has 0 radical (unpaired) electrons. The predicted octanol–water partition coefficient (Wildman–Crippen LogP) is 2.96. The third-order valence-electron chi connectivity index (χ3n) is 2.33. The van der Waals surface area contributed by atoms with Gasteiger partial charge in [0.1, 0.15) is 16.4 Å². The van der Waals surface area contributed by atoms with Gasteiger partial charge in [-0.1, -0.05) is 11.6 Å². The minimum absolute atomic E-state index is 0.0586. The number of fused-ring (bicyclic) bond motifs is 1. The Morgan fingerprint density at radius 3 is 2.80 bits per heavy atom. The fourth-order valence-corrected chi connectivity index (χ4v) is 1.97. The summed E-state index contributed by atoms with van der Waals surface area (Å²) in [7, 11) is 0. The highest BCUT2D eigenvalue weighted by Gasteiger charge is 2.32. The summed E-state index contributed by atoms with van der Waals surface area (Å²) in [5.74, 6) is 0.649. The van der Waals surface area contributed by atoms with Crippen LogP contribution in [0.3, 0.4) is 0 Å². The monoisotopic (exact) mass is 227 g/mol. The van der Waals surface area contributed by atoms with Gasteiger partial charge in [-0.15, -0.1) is 0 Å². The van der Waals surface area contributed by atoms with Crippen molar-refractivity contribution in [2.24, 2.45) is 0 Å². The molecule has 0 N–H and O–H groups in total. The van der Waals surface area contributed by atoms with Gasteiger partial charge in [-0.25, -0.2) is 0 Å². The van der Waals surface area contributed by atoms with Gasteiger partial charge in [-0.05, 0) is 13.8 Å². The minimum Gasteiger partial charge on any atom is -0.487 e. The first-order valence-electron chi connectivity index (χ1n) is 4.55. The van der Waals surface area contributed by atoms with E-state index in [0.717, 1.165) is 5.56 Å². The fraction of sp³-hybridized carbons (Fsp3) is 0.400. The lowest BCUT2D eigenvalue weighted by Gasteiger charge is -2.16. The van der Waals surface area contributed by atoms with E-state index in [9.17, 15) is 10.1 Å². The highest BCUT2D eigenvalue weighted by atomic mass is 35.5. The van der Waals surface area contributed by atoms with Crippen molar-refractivity contribution in [3.05, 3.63) is 32.8 Å². The Morgan fingerprint density at radius 1 is 1.53 bits per heavy atom. The van der Waals surface area contributed by atoms with Gasteiger partial charge in [-0.2, -0.15) is 0 Å². The minimum atomic E-state index is -0.478. The number of nitrogens with zero attached hydrogens (tertiary/aromatic N) is 1. The molecule has 80 valence electrons. The Balaban J connectivity index is 2.50. The first kappa shape index (κ1) is 10.2. The van der Waals surface area contributed by atoms with Crippen LogP contribution in [-0.4, -0.2) is 10.5 Å². The molecule has 0 aliphatic carbocycles. The number of nitro groups is 1. The number of benzene rings is 1. The van der Waals surface area contributed by atoms with Crippen LogP contribution in [-0.2, 0) is 6.42 Å². The molecule has 4 nitrogen and oxygen atoms in total. The summed E-state index contributed by atoms with van der Waals surface area (Å²) in [6.07, 6.45) is 0.667. The van der Waals surface area contributed by atoms with Gasteiger partial charge in [0.25, 0.3) is 5.69 Å². The van der Waals surface area contributed by atoms with Crippen LogP contribution in [0, 0.1) is 10.1 Å². The summed E-state index contributed by atoms with van der Waals surface area (Å²) >= 11 is 5.77. The van der Waals surface area contributed by atoms with Crippen LogP contribution >= 0.6 is 11.6 Å². The summed E-state index contributed by atoms with van der Waals surface area (Å²) in [6.45, 7) is 3.87. The maximum absolute atomic E-state index is 10.7. The SMILES string of the molecule is CC1(C)Cc2cc([N+](=O)[O-])c(Cl)cc2O1. The number of nitro benzene ring substituents is 1. The first-order chi connectivity index (χ1) is 6.89. The topological polar surface area (TPSA) is 52.4 Å². The van der Waals surface area contributed by atoms with E-state index in [1.165, 1.54) is 12.1 Å².